The Labute approximate surface area is 750 Å². The first kappa shape index (κ1) is 114. The number of halogens is 5. The van der Waals surface area contributed by atoms with Gasteiger partial charge in [-0.3, -0.25) is 67.1 Å². The standard InChI is InChI=1S/C27H35N3O10.C26H34N6O7.C23H28N2O9.C3H9N.CH4O.Cl5P.H3N/c1-8-9-28-26(35)24-27(36)30(21-11-15(3)14(2)10-20(21)29-24)12-22(38-17(5)32)25(40-19(7)34)23(39-18(6)33)13-37-16(4)31;1-8-9-32-25(28-29-30-32)24-26(36)31(21-11-15(3)14(2)10-20(21)27-24)12-22(38-18(6)34)16(4)23(39-19(7)35)13-37-17(5)33;1-11-7-17-18(8-12(11)2)25(22(29)21(24-17)23(30)31)9-19(33-15(5)27)13(3)20(34-16(6)28)10-32-14(4)26;1-2-3-4;1-2;1-6(2,3,4)5;/h10-11,22-23,25H,8-9,12-13H2,1-7H3,(H,28,35);10-11,16,22-23H,8-9,12-13H2,1-7H3;7-8,13,19-20H,9-10H2,1-6H3,(H,30,31);2-4H2,1H3;2H,1H3;;1H3/t22-,23+,25-;16-,22-,23+;13-,19-,20+;;;;/m000..../s1. The van der Waals surface area contributed by atoms with Crippen LogP contribution < -0.4 is 33.9 Å². The number of carboxylic acids is 1. The van der Waals surface area contributed by atoms with Gasteiger partial charge in [0, 0.05) is 101 Å². The van der Waals surface area contributed by atoms with Gasteiger partial charge in [0.25, 0.3) is 22.6 Å². The van der Waals surface area contributed by atoms with Crippen LogP contribution in [0.5, 0.6) is 0 Å². The van der Waals surface area contributed by atoms with E-state index in [0.29, 0.717) is 47.1 Å². The number of esters is 10. The van der Waals surface area contributed by atoms with Crippen LogP contribution in [-0.4, -0.2) is 213 Å². The second-order valence-electron chi connectivity index (χ2n) is 28.2. The summed E-state index contributed by atoms with van der Waals surface area (Å²) in [5.74, 6) is -10.1. The first-order chi connectivity index (χ1) is 58.1. The van der Waals surface area contributed by atoms with Crippen LogP contribution >= 0.6 is 59.6 Å². The number of nitrogens with zero attached hydrogens (tertiary/aromatic N) is 10. The number of aromatic carboxylic acids is 1. The molecule has 46 heteroatoms. The van der Waals surface area contributed by atoms with E-state index in [1.807, 2.05) is 67.5 Å². The number of fused-ring (bicyclic) bond motifs is 3. The number of ether oxygens (including phenoxy) is 10. The van der Waals surface area contributed by atoms with Crippen LogP contribution in [-0.2, 0) is 121 Å². The molecule has 0 aliphatic rings. The molecule has 8 N–H and O–H groups in total. The third-order valence-electron chi connectivity index (χ3n) is 17.8. The first-order valence-electron chi connectivity index (χ1n) is 38.8. The van der Waals surface area contributed by atoms with Gasteiger partial charge in [0.1, 0.15) is 44.2 Å². The van der Waals surface area contributed by atoms with Crippen molar-refractivity contribution < 1.29 is 115 Å². The number of benzene rings is 3. The van der Waals surface area contributed by atoms with Gasteiger partial charge in [-0.2, -0.15) is 0 Å². The predicted octanol–water partition coefficient (Wildman–Crippen LogP) is 9.86. The van der Waals surface area contributed by atoms with Crippen molar-refractivity contribution in [3.8, 4) is 11.5 Å². The number of amides is 1. The van der Waals surface area contributed by atoms with Gasteiger partial charge in [-0.25, -0.2) is 24.4 Å². The topological polar surface area (TPSA) is 559 Å². The molecule has 40 nitrogen and oxygen atoms in total. The number of nitrogens with one attached hydrogen (secondary N) is 1. The molecule has 4 heterocycles. The Kier molecular flexibility index (Phi) is 48.0. The third-order valence-corrected chi connectivity index (χ3v) is 17.8. The minimum Gasteiger partial charge on any atom is -0.344 e. The van der Waals surface area contributed by atoms with E-state index < -0.39 is 165 Å². The van der Waals surface area contributed by atoms with Crippen molar-refractivity contribution >= 4 is 164 Å². The number of tetrazole rings is 1. The summed E-state index contributed by atoms with van der Waals surface area (Å²) in [6, 6.07) is 10.5. The zero-order valence-electron chi connectivity index (χ0n) is 74.3. The Morgan fingerprint density at radius 1 is 0.444 bits per heavy atom. The van der Waals surface area contributed by atoms with E-state index in [1.54, 1.807) is 38.1 Å². The Hall–Kier alpha value is -10.5. The quantitative estimate of drug-likeness (QED) is 0.0145. The Balaban J connectivity index is 0.000000884. The Bertz CT molecular complexity index is 5170. The van der Waals surface area contributed by atoms with Crippen LogP contribution in [0.25, 0.3) is 44.6 Å². The average Bonchev–Trinajstić information content (AvgIpc) is 1.13. The molecular formula is C80H113Cl5N13O27P. The number of nitrogens with two attached hydrogens (primary N) is 1. The van der Waals surface area contributed by atoms with Crippen molar-refractivity contribution in [2.24, 2.45) is 17.6 Å². The summed E-state index contributed by atoms with van der Waals surface area (Å²) < 4.78 is 54.7. The minimum atomic E-state index is -3.69. The number of carbonyl (C=O) groups is 12. The molecular weight excluding hydrogens is 1780 g/mol. The molecule has 4 aromatic heterocycles. The number of aromatic nitrogens is 10. The number of rotatable bonds is 33. The van der Waals surface area contributed by atoms with Gasteiger partial charge in [-0.1, -0.05) is 34.6 Å². The molecule has 0 fully saturated rings. The van der Waals surface area contributed by atoms with Crippen LogP contribution in [0.15, 0.2) is 50.8 Å². The van der Waals surface area contributed by atoms with Gasteiger partial charge in [0.15, 0.2) is 29.7 Å². The Morgan fingerprint density at radius 3 is 1.10 bits per heavy atom. The molecule has 7 rings (SSSR count). The van der Waals surface area contributed by atoms with Crippen molar-refractivity contribution in [1.29, 1.82) is 0 Å². The molecule has 0 aliphatic heterocycles. The van der Waals surface area contributed by atoms with E-state index in [-0.39, 0.29) is 55.2 Å². The predicted molar refractivity (Wildman–Crippen MR) is 469 cm³/mol. The van der Waals surface area contributed by atoms with Crippen molar-refractivity contribution in [3.63, 3.8) is 0 Å². The minimum absolute atomic E-state index is 0. The van der Waals surface area contributed by atoms with Crippen molar-refractivity contribution in [2.45, 2.75) is 234 Å². The summed E-state index contributed by atoms with van der Waals surface area (Å²) >= 11 is 24.9. The molecule has 9 atom stereocenters. The molecule has 7 aromatic rings. The van der Waals surface area contributed by atoms with Gasteiger partial charge in [0.05, 0.1) is 52.7 Å². The van der Waals surface area contributed by atoms with Crippen molar-refractivity contribution in [3.05, 3.63) is 112 Å². The summed E-state index contributed by atoms with van der Waals surface area (Å²) in [4.78, 5) is 196. The number of hydrogen-bond acceptors (Lipinski definition) is 34. The van der Waals surface area contributed by atoms with Crippen molar-refractivity contribution in [1.82, 2.24) is 60.3 Å². The monoisotopic (exact) mass is 1890 g/mol. The van der Waals surface area contributed by atoms with Gasteiger partial charge < -0.3 is 88.5 Å². The largest absolute Gasteiger partial charge is 0.344 e. The van der Waals surface area contributed by atoms with E-state index in [1.165, 1.54) is 59.9 Å². The van der Waals surface area contributed by atoms with Gasteiger partial charge in [-0.15, -0.1) is 5.10 Å². The smallest absolute Gasteiger partial charge is 0.344 e. The maximum atomic E-state index is 13.9. The number of aliphatic hydroxyl groups excluding tert-OH is 1. The summed E-state index contributed by atoms with van der Waals surface area (Å²) in [6.45, 7) is 31.8. The SMILES string of the molecule is CC(=O)OC[C@@H](OC(C)=O)[C@@H](C)[C@H](Cn1c(=O)c(C(=O)O)nc2cc(C)c(C)cc21)OC(C)=O.CCCN.CCCNC(=O)c1nc2cc(C)c(C)cc2n(C[C@H](OC(C)=O)[C@H](OC(C)=O)[C@@H](COC(C)=O)OC(C)=O)c1=O.CCCn1nnnc1-c1nc2cc(C)c(C)cc2n(C[C@H](OC(C)=O)[C@H](C)[C@@H](COC(C)=O)OC(C)=O)c1=O.CO.ClP(Cl)(Cl)(Cl)Cl.N. The maximum Gasteiger partial charge on any atom is -0.344 e. The van der Waals surface area contributed by atoms with E-state index in [9.17, 15) is 77.0 Å². The number of aliphatic hydroxyl groups is 1. The Morgan fingerprint density at radius 2 is 0.754 bits per heavy atom. The van der Waals surface area contributed by atoms with E-state index >= 15 is 0 Å². The van der Waals surface area contributed by atoms with Gasteiger partial charge in [0.2, 0.25) is 11.5 Å². The maximum absolute atomic E-state index is 13.9. The van der Waals surface area contributed by atoms with Crippen LogP contribution in [0.4, 0.5) is 0 Å². The van der Waals surface area contributed by atoms with E-state index in [0.717, 1.165) is 87.6 Å². The molecule has 3 aromatic carbocycles. The fourth-order valence-corrected chi connectivity index (χ4v) is 11.6. The molecule has 700 valence electrons. The first-order valence-corrected chi connectivity index (χ1v) is 45.6. The van der Waals surface area contributed by atoms with E-state index in [2.05, 4.69) is 42.7 Å². The third kappa shape index (κ3) is 38.0. The van der Waals surface area contributed by atoms with E-state index in [4.69, 9.17) is 114 Å². The van der Waals surface area contributed by atoms with Crippen LogP contribution in [0, 0.1) is 53.4 Å². The zero-order valence-corrected chi connectivity index (χ0v) is 79.0. The van der Waals surface area contributed by atoms with Crippen LogP contribution in [0.3, 0.4) is 0 Å². The van der Waals surface area contributed by atoms with Crippen LogP contribution in [0.1, 0.15) is 177 Å². The normalized spacial score (nSPS) is 13.2. The summed E-state index contributed by atoms with van der Waals surface area (Å²) in [5.41, 5.74) is 9.49. The molecule has 0 saturated carbocycles. The molecule has 0 radical (unpaired) electrons. The number of hydrogen-bond donors (Lipinski definition) is 5. The molecule has 1 amide bonds. The molecule has 0 saturated heterocycles. The second kappa shape index (κ2) is 53.2. The van der Waals surface area contributed by atoms with Gasteiger partial charge in [-0.05, 0) is 148 Å². The molecule has 126 heavy (non-hydrogen) atoms. The van der Waals surface area contributed by atoms with Crippen molar-refractivity contribution in [2.75, 3.05) is 40.0 Å². The molecule has 0 spiro atoms. The molecule has 0 aliphatic carbocycles. The average molecular weight is 1900 g/mol. The zero-order chi connectivity index (χ0) is 95.6. The number of aryl methyl sites for hydroxylation is 7. The molecule has 0 unspecified atom stereocenters. The van der Waals surface area contributed by atoms with Gasteiger partial charge >= 0.3 is 125 Å². The number of carboxylic acid groups (broad SMARTS) is 1. The summed E-state index contributed by atoms with van der Waals surface area (Å²) in [7, 11) is 1.00. The summed E-state index contributed by atoms with van der Waals surface area (Å²) in [6.07, 6.45) is -5.74. The fraction of sp³-hybridized carbons (Fsp3) is 0.537. The number of carbonyl (C=O) groups excluding carboxylic acids is 11. The second-order valence-corrected chi connectivity index (χ2v) is 44.8. The van der Waals surface area contributed by atoms with Crippen LogP contribution in [0.2, 0.25) is 0 Å². The summed E-state index contributed by atoms with van der Waals surface area (Å²) in [5, 5.41) is 30.9. The molecule has 0 bridgehead atoms. The fourth-order valence-electron chi connectivity index (χ4n) is 11.6.